The van der Waals surface area contributed by atoms with Crippen molar-refractivity contribution in [2.75, 3.05) is 5.75 Å². The molecule has 1 N–H and O–H groups in total. The number of hydrogen-bond acceptors (Lipinski definition) is 4. The van der Waals surface area contributed by atoms with Crippen LogP contribution in [0.4, 0.5) is 0 Å². The first-order valence-corrected chi connectivity index (χ1v) is 9.27. The van der Waals surface area contributed by atoms with Crippen LogP contribution in [0, 0.1) is 0 Å². The highest BCUT2D eigenvalue weighted by atomic mass is 32.2. The van der Waals surface area contributed by atoms with E-state index in [4.69, 9.17) is 0 Å². The fraction of sp³-hybridized carbons (Fsp3) is 0.267. The number of nitrogens with zero attached hydrogens (tertiary/aromatic N) is 1. The van der Waals surface area contributed by atoms with Crippen molar-refractivity contribution in [3.05, 3.63) is 53.9 Å². The Bertz CT molecular complexity index is 731. The van der Waals surface area contributed by atoms with Gasteiger partial charge in [0.15, 0.2) is 0 Å². The maximum absolute atomic E-state index is 12.3. The molecule has 0 spiro atoms. The molecule has 2 heterocycles. The number of fused-ring (bicyclic) bond motifs is 1. The van der Waals surface area contributed by atoms with Crippen molar-refractivity contribution in [1.82, 2.24) is 9.71 Å². The molecule has 4 nitrogen and oxygen atoms in total. The van der Waals surface area contributed by atoms with Crippen LogP contribution >= 0.6 is 11.8 Å². The molecule has 0 unspecified atom stereocenters. The van der Waals surface area contributed by atoms with Crippen LogP contribution in [0.1, 0.15) is 17.7 Å². The van der Waals surface area contributed by atoms with Gasteiger partial charge in [-0.3, -0.25) is 4.98 Å². The largest absolute Gasteiger partial charge is 0.260 e. The molecule has 6 heteroatoms. The first-order valence-electron chi connectivity index (χ1n) is 6.80. The van der Waals surface area contributed by atoms with Gasteiger partial charge < -0.3 is 0 Å². The van der Waals surface area contributed by atoms with Gasteiger partial charge in [-0.15, -0.1) is 11.8 Å². The first kappa shape index (κ1) is 14.6. The van der Waals surface area contributed by atoms with E-state index in [0.29, 0.717) is 10.6 Å². The molecule has 1 aliphatic heterocycles. The van der Waals surface area contributed by atoms with Gasteiger partial charge >= 0.3 is 0 Å². The van der Waals surface area contributed by atoms with Crippen LogP contribution in [0.2, 0.25) is 0 Å². The predicted octanol–water partition coefficient (Wildman–Crippen LogP) is 2.60. The van der Waals surface area contributed by atoms with E-state index in [2.05, 4.69) is 9.71 Å². The second kappa shape index (κ2) is 6.17. The fourth-order valence-corrected chi connectivity index (χ4v) is 4.33. The average Bonchev–Trinajstić information content (AvgIpc) is 2.53. The Morgan fingerprint density at radius 2 is 2.14 bits per heavy atom. The Labute approximate surface area is 129 Å². The molecule has 1 aliphatic rings. The lowest BCUT2D eigenvalue weighted by Crippen LogP contribution is -2.24. The van der Waals surface area contributed by atoms with Gasteiger partial charge in [0.2, 0.25) is 10.0 Å². The Balaban J connectivity index is 1.78. The highest BCUT2D eigenvalue weighted by Crippen LogP contribution is 2.31. The van der Waals surface area contributed by atoms with Crippen LogP contribution < -0.4 is 4.72 Å². The maximum atomic E-state index is 12.3. The van der Waals surface area contributed by atoms with Gasteiger partial charge in [0, 0.05) is 11.1 Å². The summed E-state index contributed by atoms with van der Waals surface area (Å²) in [6.07, 6.45) is 3.70. The number of thioether (sulfide) groups is 1. The molecule has 0 radical (unpaired) electrons. The monoisotopic (exact) mass is 320 g/mol. The van der Waals surface area contributed by atoms with Crippen LogP contribution in [-0.2, 0) is 23.0 Å². The summed E-state index contributed by atoms with van der Waals surface area (Å²) in [6, 6.07) is 10.8. The quantitative estimate of drug-likeness (QED) is 0.941. The topological polar surface area (TPSA) is 59.1 Å². The first-order chi connectivity index (χ1) is 10.1. The lowest BCUT2D eigenvalue weighted by atomic mass is 10.1. The molecule has 2 aromatic rings. The van der Waals surface area contributed by atoms with E-state index in [1.165, 1.54) is 4.90 Å². The molecule has 21 heavy (non-hydrogen) atoms. The molecule has 1 aromatic heterocycles. The van der Waals surface area contributed by atoms with E-state index >= 15 is 0 Å². The number of sulfonamides is 1. The summed E-state index contributed by atoms with van der Waals surface area (Å²) in [4.78, 5) is 5.65. The summed E-state index contributed by atoms with van der Waals surface area (Å²) in [6.45, 7) is 0.203. The van der Waals surface area contributed by atoms with Gasteiger partial charge in [0.1, 0.15) is 0 Å². The van der Waals surface area contributed by atoms with Crippen molar-refractivity contribution in [3.63, 3.8) is 0 Å². The summed E-state index contributed by atoms with van der Waals surface area (Å²) in [7, 11) is -3.49. The summed E-state index contributed by atoms with van der Waals surface area (Å²) >= 11 is 1.79. The lowest BCUT2D eigenvalue weighted by Gasteiger charge is -2.16. The van der Waals surface area contributed by atoms with Crippen LogP contribution in [-0.4, -0.2) is 19.2 Å². The number of rotatable bonds is 4. The van der Waals surface area contributed by atoms with Crippen molar-refractivity contribution in [2.45, 2.75) is 29.2 Å². The van der Waals surface area contributed by atoms with Crippen molar-refractivity contribution >= 4 is 21.8 Å². The lowest BCUT2D eigenvalue weighted by molar-refractivity contribution is 0.580. The van der Waals surface area contributed by atoms with Gasteiger partial charge in [-0.05, 0) is 54.5 Å². The highest BCUT2D eigenvalue weighted by molar-refractivity contribution is 7.99. The number of aryl methyl sites for hydroxylation is 1. The maximum Gasteiger partial charge on any atom is 0.240 e. The van der Waals surface area contributed by atoms with E-state index < -0.39 is 10.0 Å². The van der Waals surface area contributed by atoms with Crippen molar-refractivity contribution < 1.29 is 8.42 Å². The van der Waals surface area contributed by atoms with E-state index in [1.54, 1.807) is 42.2 Å². The van der Waals surface area contributed by atoms with Gasteiger partial charge in [0.05, 0.1) is 17.1 Å². The zero-order valence-corrected chi connectivity index (χ0v) is 13.1. The molecule has 0 amide bonds. The molecular weight excluding hydrogens is 304 g/mol. The number of pyridine rings is 1. The molecule has 0 atom stereocenters. The van der Waals surface area contributed by atoms with Crippen LogP contribution in [0.5, 0.6) is 0 Å². The molecule has 0 fully saturated rings. The van der Waals surface area contributed by atoms with E-state index in [9.17, 15) is 8.42 Å². The van der Waals surface area contributed by atoms with Crippen LogP contribution in [0.25, 0.3) is 0 Å². The standard InChI is InChI=1S/C15H16N2O2S2/c18-21(19,17-11-13-5-1-2-8-16-13)14-6-7-15-12(10-14)4-3-9-20-15/h1-2,5-8,10,17H,3-4,9,11H2. The Hall–Kier alpha value is -1.37. The zero-order valence-electron chi connectivity index (χ0n) is 11.5. The fourth-order valence-electron chi connectivity index (χ4n) is 2.26. The third kappa shape index (κ3) is 3.45. The molecule has 110 valence electrons. The molecule has 3 rings (SSSR count). The number of hydrogen-bond donors (Lipinski definition) is 1. The van der Waals surface area contributed by atoms with E-state index in [-0.39, 0.29) is 6.54 Å². The minimum absolute atomic E-state index is 0.203. The van der Waals surface area contributed by atoms with Gasteiger partial charge in [-0.1, -0.05) is 6.07 Å². The normalized spacial score (nSPS) is 14.7. The van der Waals surface area contributed by atoms with Gasteiger partial charge in [-0.2, -0.15) is 0 Å². The number of aromatic nitrogens is 1. The molecule has 1 aromatic carbocycles. The second-order valence-electron chi connectivity index (χ2n) is 4.87. The molecular formula is C15H16N2O2S2. The molecule has 0 saturated carbocycles. The number of nitrogens with one attached hydrogen (secondary N) is 1. The second-order valence-corrected chi connectivity index (χ2v) is 7.77. The van der Waals surface area contributed by atoms with Crippen LogP contribution in [0.15, 0.2) is 52.4 Å². The average molecular weight is 320 g/mol. The van der Waals surface area contributed by atoms with Crippen LogP contribution in [0.3, 0.4) is 0 Å². The minimum atomic E-state index is -3.49. The van der Waals surface area contributed by atoms with Crippen molar-refractivity contribution in [1.29, 1.82) is 0 Å². The third-order valence-corrected chi connectivity index (χ3v) is 5.96. The summed E-state index contributed by atoms with van der Waals surface area (Å²) in [5, 5.41) is 0. The van der Waals surface area contributed by atoms with E-state index in [1.807, 2.05) is 12.1 Å². The number of benzene rings is 1. The Morgan fingerprint density at radius 1 is 1.24 bits per heavy atom. The predicted molar refractivity (Wildman–Crippen MR) is 83.7 cm³/mol. The zero-order chi connectivity index (χ0) is 14.7. The van der Waals surface area contributed by atoms with Gasteiger partial charge in [0.25, 0.3) is 0 Å². The van der Waals surface area contributed by atoms with Crippen molar-refractivity contribution in [3.8, 4) is 0 Å². The summed E-state index contributed by atoms with van der Waals surface area (Å²) in [5.41, 5.74) is 1.83. The smallest absolute Gasteiger partial charge is 0.240 e. The minimum Gasteiger partial charge on any atom is -0.260 e. The summed E-state index contributed by atoms with van der Waals surface area (Å²) in [5.74, 6) is 1.11. The van der Waals surface area contributed by atoms with E-state index in [0.717, 1.165) is 24.2 Å². The van der Waals surface area contributed by atoms with Crippen molar-refractivity contribution in [2.24, 2.45) is 0 Å². The third-order valence-electron chi connectivity index (χ3n) is 3.36. The SMILES string of the molecule is O=S(=O)(NCc1ccccn1)c1ccc2c(c1)CCCS2. The molecule has 0 aliphatic carbocycles. The highest BCUT2D eigenvalue weighted by Gasteiger charge is 2.17. The van der Waals surface area contributed by atoms with Gasteiger partial charge in [-0.25, -0.2) is 13.1 Å². The Kier molecular flexibility index (Phi) is 4.28. The Morgan fingerprint density at radius 3 is 2.95 bits per heavy atom. The summed E-state index contributed by atoms with van der Waals surface area (Å²) < 4.78 is 27.3. The molecule has 0 saturated heterocycles. The molecule has 0 bridgehead atoms.